The first kappa shape index (κ1) is 12.5. The average molecular weight is 209 g/mol. The lowest BCUT2D eigenvalue weighted by Crippen LogP contribution is -2.43. The van der Waals surface area contributed by atoms with E-state index in [1.807, 2.05) is 6.92 Å². The summed E-state index contributed by atoms with van der Waals surface area (Å²) in [5.41, 5.74) is 5.19. The van der Waals surface area contributed by atoms with Crippen LogP contribution in [-0.4, -0.2) is 29.6 Å². The van der Waals surface area contributed by atoms with E-state index in [4.69, 9.17) is 11.0 Å². The number of hydrogen-bond donors (Lipinski definition) is 1. The van der Waals surface area contributed by atoms with Crippen LogP contribution in [0, 0.1) is 17.2 Å². The molecule has 0 amide bonds. The molecule has 0 spiro atoms. The molecule has 3 unspecified atom stereocenters. The van der Waals surface area contributed by atoms with Crippen molar-refractivity contribution in [2.24, 2.45) is 11.7 Å². The van der Waals surface area contributed by atoms with Crippen LogP contribution in [0.1, 0.15) is 40.0 Å². The molecular weight excluding hydrogens is 186 g/mol. The van der Waals surface area contributed by atoms with E-state index in [1.54, 1.807) is 0 Å². The number of rotatable bonds is 4. The van der Waals surface area contributed by atoms with E-state index in [1.165, 1.54) is 25.9 Å². The third-order valence-electron chi connectivity index (χ3n) is 3.49. The summed E-state index contributed by atoms with van der Waals surface area (Å²) in [7, 11) is 0. The maximum absolute atomic E-state index is 8.89. The molecule has 1 heterocycles. The molecule has 1 rings (SSSR count). The third kappa shape index (κ3) is 3.48. The Labute approximate surface area is 93.2 Å². The maximum atomic E-state index is 8.89. The predicted octanol–water partition coefficient (Wildman–Crippen LogP) is 1.74. The van der Waals surface area contributed by atoms with E-state index < -0.39 is 5.54 Å². The Balaban J connectivity index is 2.42. The second kappa shape index (κ2) is 4.96. The van der Waals surface area contributed by atoms with Gasteiger partial charge >= 0.3 is 0 Å². The molecule has 3 heteroatoms. The number of hydrogen-bond acceptors (Lipinski definition) is 3. The van der Waals surface area contributed by atoms with Crippen LogP contribution in [-0.2, 0) is 0 Å². The lowest BCUT2D eigenvalue weighted by Gasteiger charge is -2.28. The van der Waals surface area contributed by atoms with Crippen molar-refractivity contribution in [2.45, 2.75) is 51.6 Å². The Bertz CT molecular complexity index is 242. The molecule has 1 saturated heterocycles. The van der Waals surface area contributed by atoms with Crippen LogP contribution in [0.5, 0.6) is 0 Å². The van der Waals surface area contributed by atoms with Crippen LogP contribution in [0.3, 0.4) is 0 Å². The second-order valence-electron chi connectivity index (χ2n) is 5.14. The largest absolute Gasteiger partial charge is 0.314 e. The number of nitriles is 1. The number of nitrogens with two attached hydrogens (primary N) is 1. The maximum Gasteiger partial charge on any atom is 0.102 e. The standard InChI is InChI=1S/C12H23N3/c1-4-11-5-6-15(8-11)10(2)7-12(3,14)9-13/h10-11H,4-8,14H2,1-3H3. The number of likely N-dealkylation sites (tertiary alicyclic amines) is 1. The molecule has 86 valence electrons. The van der Waals surface area contributed by atoms with Crippen molar-refractivity contribution < 1.29 is 0 Å². The summed E-state index contributed by atoms with van der Waals surface area (Å²) in [6.07, 6.45) is 3.33. The fourth-order valence-electron chi connectivity index (χ4n) is 2.38. The van der Waals surface area contributed by atoms with Crippen LogP contribution in [0.25, 0.3) is 0 Å². The van der Waals surface area contributed by atoms with E-state index in [0.717, 1.165) is 12.3 Å². The van der Waals surface area contributed by atoms with E-state index >= 15 is 0 Å². The van der Waals surface area contributed by atoms with Crippen molar-refractivity contribution in [1.29, 1.82) is 5.26 Å². The summed E-state index contributed by atoms with van der Waals surface area (Å²) in [5, 5.41) is 8.89. The molecular formula is C12H23N3. The molecule has 1 aliphatic rings. The summed E-state index contributed by atoms with van der Waals surface area (Å²) in [6.45, 7) is 8.60. The topological polar surface area (TPSA) is 53.0 Å². The first-order valence-corrected chi connectivity index (χ1v) is 5.92. The van der Waals surface area contributed by atoms with Crippen molar-refractivity contribution >= 4 is 0 Å². The van der Waals surface area contributed by atoms with E-state index in [2.05, 4.69) is 24.8 Å². The van der Waals surface area contributed by atoms with Crippen LogP contribution >= 0.6 is 0 Å². The lowest BCUT2D eigenvalue weighted by molar-refractivity contribution is 0.218. The average Bonchev–Trinajstić information content (AvgIpc) is 2.65. The zero-order valence-electron chi connectivity index (χ0n) is 10.2. The summed E-state index contributed by atoms with van der Waals surface area (Å²) >= 11 is 0. The van der Waals surface area contributed by atoms with Crippen LogP contribution in [0.4, 0.5) is 0 Å². The van der Waals surface area contributed by atoms with E-state index in [-0.39, 0.29) is 0 Å². The van der Waals surface area contributed by atoms with Gasteiger partial charge in [0.2, 0.25) is 0 Å². The van der Waals surface area contributed by atoms with Crippen LogP contribution < -0.4 is 5.73 Å². The highest BCUT2D eigenvalue weighted by Gasteiger charge is 2.29. The third-order valence-corrected chi connectivity index (χ3v) is 3.49. The zero-order valence-corrected chi connectivity index (χ0v) is 10.2. The Morgan fingerprint density at radius 2 is 2.33 bits per heavy atom. The molecule has 0 bridgehead atoms. The second-order valence-corrected chi connectivity index (χ2v) is 5.14. The first-order chi connectivity index (χ1) is 6.98. The quantitative estimate of drug-likeness (QED) is 0.767. The van der Waals surface area contributed by atoms with Gasteiger partial charge in [0, 0.05) is 12.6 Å². The summed E-state index contributed by atoms with van der Waals surface area (Å²) < 4.78 is 0. The van der Waals surface area contributed by atoms with E-state index in [9.17, 15) is 0 Å². The Morgan fingerprint density at radius 1 is 1.67 bits per heavy atom. The highest BCUT2D eigenvalue weighted by Crippen LogP contribution is 2.23. The highest BCUT2D eigenvalue weighted by molar-refractivity contribution is 5.03. The smallest absolute Gasteiger partial charge is 0.102 e. The lowest BCUT2D eigenvalue weighted by atomic mass is 9.96. The minimum Gasteiger partial charge on any atom is -0.314 e. The molecule has 3 atom stereocenters. The van der Waals surface area contributed by atoms with Crippen molar-refractivity contribution in [3.05, 3.63) is 0 Å². The molecule has 0 radical (unpaired) electrons. The van der Waals surface area contributed by atoms with Crippen molar-refractivity contribution in [2.75, 3.05) is 13.1 Å². The highest BCUT2D eigenvalue weighted by atomic mass is 15.2. The van der Waals surface area contributed by atoms with Gasteiger partial charge in [-0.15, -0.1) is 0 Å². The normalized spacial score (nSPS) is 28.3. The SMILES string of the molecule is CCC1CCN(C(C)CC(C)(N)C#N)C1. The summed E-state index contributed by atoms with van der Waals surface area (Å²) in [4.78, 5) is 2.47. The monoisotopic (exact) mass is 209 g/mol. The Morgan fingerprint density at radius 3 is 2.80 bits per heavy atom. The minimum absolute atomic E-state index is 0.427. The molecule has 15 heavy (non-hydrogen) atoms. The molecule has 0 aliphatic carbocycles. The molecule has 0 saturated carbocycles. The van der Waals surface area contributed by atoms with Crippen LogP contribution in [0.2, 0.25) is 0 Å². The van der Waals surface area contributed by atoms with Crippen molar-refractivity contribution in [3.8, 4) is 6.07 Å². The molecule has 2 N–H and O–H groups in total. The molecule has 1 aliphatic heterocycles. The Kier molecular flexibility index (Phi) is 4.12. The van der Waals surface area contributed by atoms with Gasteiger partial charge in [-0.1, -0.05) is 13.3 Å². The molecule has 0 aromatic heterocycles. The zero-order chi connectivity index (χ0) is 11.5. The van der Waals surface area contributed by atoms with E-state index in [0.29, 0.717) is 6.04 Å². The van der Waals surface area contributed by atoms with Gasteiger partial charge in [-0.25, -0.2) is 0 Å². The van der Waals surface area contributed by atoms with Gasteiger partial charge in [0.25, 0.3) is 0 Å². The molecule has 0 aromatic carbocycles. The van der Waals surface area contributed by atoms with Gasteiger partial charge in [-0.2, -0.15) is 5.26 Å². The van der Waals surface area contributed by atoms with Gasteiger partial charge in [-0.05, 0) is 39.2 Å². The van der Waals surface area contributed by atoms with Gasteiger partial charge in [-0.3, -0.25) is 0 Å². The fourth-order valence-corrected chi connectivity index (χ4v) is 2.38. The van der Waals surface area contributed by atoms with Crippen molar-refractivity contribution in [1.82, 2.24) is 4.90 Å². The molecule has 1 fully saturated rings. The van der Waals surface area contributed by atoms with Gasteiger partial charge in [0.05, 0.1) is 6.07 Å². The number of nitrogens with zero attached hydrogens (tertiary/aromatic N) is 2. The molecule has 3 nitrogen and oxygen atoms in total. The fraction of sp³-hybridized carbons (Fsp3) is 0.917. The predicted molar refractivity (Wildman–Crippen MR) is 62.3 cm³/mol. The van der Waals surface area contributed by atoms with Crippen molar-refractivity contribution in [3.63, 3.8) is 0 Å². The van der Waals surface area contributed by atoms with Gasteiger partial charge in [0.15, 0.2) is 0 Å². The first-order valence-electron chi connectivity index (χ1n) is 5.92. The van der Waals surface area contributed by atoms with Crippen LogP contribution in [0.15, 0.2) is 0 Å². The Hall–Kier alpha value is -0.590. The molecule has 0 aromatic rings. The van der Waals surface area contributed by atoms with Gasteiger partial charge in [0.1, 0.15) is 5.54 Å². The minimum atomic E-state index is -0.677. The summed E-state index contributed by atoms with van der Waals surface area (Å²) in [5.74, 6) is 0.846. The van der Waals surface area contributed by atoms with Gasteiger partial charge < -0.3 is 10.6 Å². The summed E-state index contributed by atoms with van der Waals surface area (Å²) in [6, 6.07) is 2.60.